The summed E-state index contributed by atoms with van der Waals surface area (Å²) in [6.07, 6.45) is 0. The molecular formula is C65H66N2. The summed E-state index contributed by atoms with van der Waals surface area (Å²) in [5, 5.41) is 0. The summed E-state index contributed by atoms with van der Waals surface area (Å²) in [6.45, 7) is 27.7. The van der Waals surface area contributed by atoms with Crippen LogP contribution in [0, 0.1) is 0 Å². The van der Waals surface area contributed by atoms with Gasteiger partial charge in [0, 0.05) is 34.1 Å². The first-order valence-electron chi connectivity index (χ1n) is 24.3. The Balaban J connectivity index is 1.25. The first kappa shape index (κ1) is 44.2. The molecule has 0 bridgehead atoms. The van der Waals surface area contributed by atoms with E-state index in [2.05, 4.69) is 275 Å². The van der Waals surface area contributed by atoms with E-state index in [1.165, 1.54) is 66.8 Å². The lowest BCUT2D eigenvalue weighted by atomic mass is 9.70. The van der Waals surface area contributed by atoms with Gasteiger partial charge < -0.3 is 9.80 Å². The highest BCUT2D eigenvalue weighted by Gasteiger charge is 2.52. The van der Waals surface area contributed by atoms with Crippen LogP contribution in [0.5, 0.6) is 0 Å². The molecule has 1 spiro atoms. The van der Waals surface area contributed by atoms with Gasteiger partial charge in [0.25, 0.3) is 0 Å². The topological polar surface area (TPSA) is 6.48 Å². The van der Waals surface area contributed by atoms with Crippen molar-refractivity contribution in [3.05, 3.63) is 226 Å². The molecule has 0 N–H and O–H groups in total. The lowest BCUT2D eigenvalue weighted by Crippen LogP contribution is -2.26. The molecule has 0 aromatic heterocycles. The fourth-order valence-electron chi connectivity index (χ4n) is 10.7. The van der Waals surface area contributed by atoms with Crippen LogP contribution in [-0.4, -0.2) is 0 Å². The molecule has 2 heteroatoms. The molecule has 2 aliphatic rings. The third-order valence-corrected chi connectivity index (χ3v) is 14.5. The van der Waals surface area contributed by atoms with Crippen LogP contribution in [-0.2, 0) is 27.1 Å². The standard InChI is InChI=1S/C65H66N2/c1-61(2,3)43-21-17-25-47(37-43)66(48-26-18-22-44(38-48)62(4,5)6)51-33-35-55-56-36-34-52(42-60(56)65(59(55)41-51)57-31-15-13-29-53(57)54-30-14-16-32-58(54)65)67(49-27-19-23-45(39-49)63(7,8)9)50-28-20-24-46(40-50)64(10,11)12/h13-42H,1-12H3. The van der Waals surface area contributed by atoms with Gasteiger partial charge in [-0.3, -0.25) is 0 Å². The third-order valence-electron chi connectivity index (χ3n) is 14.5. The third kappa shape index (κ3) is 7.50. The van der Waals surface area contributed by atoms with Crippen LogP contribution in [0.4, 0.5) is 34.1 Å². The highest BCUT2D eigenvalue weighted by molar-refractivity contribution is 5.97. The average molecular weight is 875 g/mol. The van der Waals surface area contributed by atoms with E-state index in [4.69, 9.17) is 0 Å². The van der Waals surface area contributed by atoms with E-state index < -0.39 is 5.41 Å². The van der Waals surface area contributed by atoms with E-state index in [0.29, 0.717) is 0 Å². The summed E-state index contributed by atoms with van der Waals surface area (Å²) < 4.78 is 0. The van der Waals surface area contributed by atoms with E-state index in [9.17, 15) is 0 Å². The highest BCUT2D eigenvalue weighted by Crippen LogP contribution is 2.64. The molecule has 336 valence electrons. The molecule has 2 nitrogen and oxygen atoms in total. The zero-order valence-corrected chi connectivity index (χ0v) is 41.7. The summed E-state index contributed by atoms with van der Waals surface area (Å²) in [5.41, 5.74) is 22.0. The molecule has 0 radical (unpaired) electrons. The molecule has 0 aliphatic heterocycles. The van der Waals surface area contributed by atoms with Crippen molar-refractivity contribution >= 4 is 34.1 Å². The highest BCUT2D eigenvalue weighted by atomic mass is 15.1. The van der Waals surface area contributed by atoms with Crippen LogP contribution in [0.25, 0.3) is 22.3 Å². The van der Waals surface area contributed by atoms with Gasteiger partial charge in [-0.2, -0.15) is 0 Å². The Kier molecular flexibility index (Phi) is 10.4. The Morgan fingerprint density at radius 3 is 0.821 bits per heavy atom. The van der Waals surface area contributed by atoms with Crippen LogP contribution in [0.2, 0.25) is 0 Å². The minimum absolute atomic E-state index is 0.0104. The Hall–Kier alpha value is -6.64. The second-order valence-electron chi connectivity index (χ2n) is 23.2. The summed E-state index contributed by atoms with van der Waals surface area (Å²) in [4.78, 5) is 4.98. The van der Waals surface area contributed by atoms with Crippen molar-refractivity contribution in [2.24, 2.45) is 0 Å². The maximum Gasteiger partial charge on any atom is 0.0727 e. The molecule has 0 saturated heterocycles. The second-order valence-corrected chi connectivity index (χ2v) is 23.2. The molecule has 0 atom stereocenters. The van der Waals surface area contributed by atoms with Crippen molar-refractivity contribution in [3.8, 4) is 22.3 Å². The van der Waals surface area contributed by atoms with E-state index in [0.717, 1.165) is 34.1 Å². The van der Waals surface area contributed by atoms with Crippen LogP contribution >= 0.6 is 0 Å². The lowest BCUT2D eigenvalue weighted by Gasteiger charge is -2.34. The predicted molar refractivity (Wildman–Crippen MR) is 287 cm³/mol. The van der Waals surface area contributed by atoms with Crippen molar-refractivity contribution in [3.63, 3.8) is 0 Å². The van der Waals surface area contributed by atoms with E-state index >= 15 is 0 Å². The van der Waals surface area contributed by atoms with Crippen molar-refractivity contribution in [2.45, 2.75) is 110 Å². The Morgan fingerprint density at radius 1 is 0.254 bits per heavy atom. The van der Waals surface area contributed by atoms with Crippen LogP contribution < -0.4 is 9.80 Å². The molecule has 0 fully saturated rings. The zero-order valence-electron chi connectivity index (χ0n) is 41.7. The van der Waals surface area contributed by atoms with Crippen molar-refractivity contribution in [1.82, 2.24) is 0 Å². The Labute approximate surface area is 401 Å². The minimum atomic E-state index is -0.567. The summed E-state index contributed by atoms with van der Waals surface area (Å²) in [7, 11) is 0. The number of hydrogen-bond acceptors (Lipinski definition) is 2. The first-order valence-corrected chi connectivity index (χ1v) is 24.3. The smallest absolute Gasteiger partial charge is 0.0727 e. The normalized spacial score (nSPS) is 13.8. The number of rotatable bonds is 6. The molecule has 0 saturated carbocycles. The van der Waals surface area contributed by atoms with Crippen molar-refractivity contribution < 1.29 is 0 Å². The minimum Gasteiger partial charge on any atom is -0.310 e. The number of anilines is 6. The first-order chi connectivity index (χ1) is 31.7. The molecule has 0 amide bonds. The van der Waals surface area contributed by atoms with Gasteiger partial charge in [0.15, 0.2) is 0 Å². The quantitative estimate of drug-likeness (QED) is 0.164. The van der Waals surface area contributed by atoms with E-state index in [1.807, 2.05) is 0 Å². The fraction of sp³-hybridized carbons (Fsp3) is 0.262. The molecule has 8 aromatic carbocycles. The van der Waals surface area contributed by atoms with Crippen LogP contribution in [0.1, 0.15) is 128 Å². The SMILES string of the molecule is CC(C)(C)c1cccc(N(c2cccc(C(C)(C)C)c2)c2ccc3c(c2)C2(c4ccccc4-c4ccccc42)c2cc(N(c4cccc(C(C)(C)C)c4)c4cccc(C(C)(C)C)c4)ccc2-3)c1. The van der Waals surface area contributed by atoms with Gasteiger partial charge in [0.2, 0.25) is 0 Å². The number of fused-ring (bicyclic) bond motifs is 10. The van der Waals surface area contributed by atoms with Gasteiger partial charge in [-0.05, 0) is 161 Å². The zero-order chi connectivity index (χ0) is 47.3. The number of nitrogens with zero attached hydrogens (tertiary/aromatic N) is 2. The second kappa shape index (κ2) is 15.7. The summed E-state index contributed by atoms with van der Waals surface area (Å²) >= 11 is 0. The largest absolute Gasteiger partial charge is 0.310 e. The van der Waals surface area contributed by atoms with Gasteiger partial charge in [-0.1, -0.05) is 192 Å². The Bertz CT molecular complexity index is 2860. The molecular weight excluding hydrogens is 809 g/mol. The monoisotopic (exact) mass is 875 g/mol. The summed E-state index contributed by atoms with van der Waals surface area (Å²) in [5.74, 6) is 0. The predicted octanol–water partition coefficient (Wildman–Crippen LogP) is 18.2. The van der Waals surface area contributed by atoms with Gasteiger partial charge >= 0.3 is 0 Å². The van der Waals surface area contributed by atoms with E-state index in [-0.39, 0.29) is 21.7 Å². The fourth-order valence-corrected chi connectivity index (χ4v) is 10.7. The Morgan fingerprint density at radius 2 is 0.522 bits per heavy atom. The van der Waals surface area contributed by atoms with Crippen molar-refractivity contribution in [1.29, 1.82) is 0 Å². The van der Waals surface area contributed by atoms with Crippen LogP contribution in [0.3, 0.4) is 0 Å². The average Bonchev–Trinajstić information content (AvgIpc) is 3.75. The number of benzene rings is 8. The lowest BCUT2D eigenvalue weighted by molar-refractivity contribution is 0.589. The van der Waals surface area contributed by atoms with E-state index in [1.54, 1.807) is 0 Å². The van der Waals surface area contributed by atoms with Gasteiger partial charge in [0.05, 0.1) is 5.41 Å². The maximum absolute atomic E-state index is 2.53. The summed E-state index contributed by atoms with van der Waals surface area (Å²) in [6, 6.07) is 69.6. The van der Waals surface area contributed by atoms with Gasteiger partial charge in [-0.15, -0.1) is 0 Å². The molecule has 67 heavy (non-hydrogen) atoms. The molecule has 10 rings (SSSR count). The molecule has 2 aliphatic carbocycles. The molecule has 8 aromatic rings. The number of hydrogen-bond donors (Lipinski definition) is 0. The molecule has 0 heterocycles. The van der Waals surface area contributed by atoms with Crippen molar-refractivity contribution in [2.75, 3.05) is 9.80 Å². The van der Waals surface area contributed by atoms with Gasteiger partial charge in [0.1, 0.15) is 0 Å². The van der Waals surface area contributed by atoms with Gasteiger partial charge in [-0.25, -0.2) is 0 Å². The van der Waals surface area contributed by atoms with Crippen LogP contribution in [0.15, 0.2) is 182 Å². The molecule has 0 unspecified atom stereocenters. The maximum atomic E-state index is 2.53.